The molecule has 0 aliphatic rings. The molecule has 9 nitrogen and oxygen atoms in total. The zero-order chi connectivity index (χ0) is 20.0. The van der Waals surface area contributed by atoms with Gasteiger partial charge in [-0.3, -0.25) is 14.4 Å². The van der Waals surface area contributed by atoms with Crippen LogP contribution in [0, 0.1) is 5.82 Å². The molecule has 10 heteroatoms. The smallest absolute Gasteiger partial charge is 0.294 e. The number of aromatic hydroxyl groups is 1. The van der Waals surface area contributed by atoms with Crippen LogP contribution in [0.15, 0.2) is 29.1 Å². The fourth-order valence-corrected chi connectivity index (χ4v) is 2.28. The van der Waals surface area contributed by atoms with Crippen LogP contribution < -0.4 is 16.2 Å². The summed E-state index contributed by atoms with van der Waals surface area (Å²) in [4.78, 5) is 41.9. The van der Waals surface area contributed by atoms with E-state index in [-0.39, 0.29) is 19.0 Å². The minimum atomic E-state index is -0.932. The van der Waals surface area contributed by atoms with E-state index in [0.29, 0.717) is 5.56 Å². The van der Waals surface area contributed by atoms with Crippen molar-refractivity contribution in [3.8, 4) is 5.75 Å². The van der Waals surface area contributed by atoms with Gasteiger partial charge in [-0.15, -0.1) is 0 Å². The Morgan fingerprint density at radius 3 is 2.59 bits per heavy atom. The number of rotatable bonds is 7. The highest BCUT2D eigenvalue weighted by molar-refractivity contribution is 5.94. The van der Waals surface area contributed by atoms with Crippen LogP contribution in [-0.4, -0.2) is 40.6 Å². The molecule has 0 spiro atoms. The third-order valence-electron chi connectivity index (χ3n) is 3.54. The Kier molecular flexibility index (Phi) is 6.61. The number of hydrogen-bond donors (Lipinski definition) is 4. The maximum absolute atomic E-state index is 12.9. The lowest BCUT2D eigenvalue weighted by molar-refractivity contribution is -0.120. The second-order valence-corrected chi connectivity index (χ2v) is 5.67. The number of aromatic nitrogens is 2. The van der Waals surface area contributed by atoms with Gasteiger partial charge >= 0.3 is 0 Å². The van der Waals surface area contributed by atoms with E-state index < -0.39 is 40.7 Å². The third-order valence-corrected chi connectivity index (χ3v) is 3.54. The van der Waals surface area contributed by atoms with Gasteiger partial charge in [0, 0.05) is 20.6 Å². The van der Waals surface area contributed by atoms with Crippen LogP contribution in [0.5, 0.6) is 5.75 Å². The molecular formula is C17H19FN4O5. The van der Waals surface area contributed by atoms with Crippen molar-refractivity contribution in [1.82, 2.24) is 20.6 Å². The zero-order valence-corrected chi connectivity index (χ0v) is 14.7. The first-order chi connectivity index (χ1) is 12.8. The Balaban J connectivity index is 2.25. The summed E-state index contributed by atoms with van der Waals surface area (Å²) < 4.78 is 17.9. The topological polar surface area (TPSA) is 133 Å². The predicted molar refractivity (Wildman–Crippen MR) is 92.5 cm³/mol. The highest BCUT2D eigenvalue weighted by Gasteiger charge is 2.22. The summed E-state index contributed by atoms with van der Waals surface area (Å²) in [5.74, 6) is -2.50. The van der Waals surface area contributed by atoms with Crippen molar-refractivity contribution in [2.75, 3.05) is 13.7 Å². The molecule has 0 aliphatic heterocycles. The first-order valence-electron chi connectivity index (χ1n) is 7.93. The molecule has 1 unspecified atom stereocenters. The average molecular weight is 378 g/mol. The number of aromatic amines is 1. The fourth-order valence-electron chi connectivity index (χ4n) is 2.28. The molecule has 2 rings (SSSR count). The van der Waals surface area contributed by atoms with Crippen LogP contribution in [0.2, 0.25) is 0 Å². The Hall–Kier alpha value is -3.27. The molecule has 1 aromatic heterocycles. The first-order valence-corrected chi connectivity index (χ1v) is 7.93. The number of benzene rings is 1. The van der Waals surface area contributed by atoms with Crippen LogP contribution in [0.4, 0.5) is 4.39 Å². The molecule has 0 bridgehead atoms. The molecular weight excluding hydrogens is 359 g/mol. The van der Waals surface area contributed by atoms with Gasteiger partial charge in [0.2, 0.25) is 11.7 Å². The molecule has 0 radical (unpaired) electrons. The number of nitrogens with one attached hydrogen (secondary N) is 3. The second kappa shape index (κ2) is 8.90. The third kappa shape index (κ3) is 5.35. The normalized spacial score (nSPS) is 11.7. The number of hydrogen-bond acceptors (Lipinski definition) is 6. The lowest BCUT2D eigenvalue weighted by atomic mass is 10.2. The summed E-state index contributed by atoms with van der Waals surface area (Å²) >= 11 is 0. The average Bonchev–Trinajstić information content (AvgIpc) is 2.62. The lowest BCUT2D eigenvalue weighted by Crippen LogP contribution is -2.34. The van der Waals surface area contributed by atoms with Crippen molar-refractivity contribution in [3.05, 3.63) is 57.5 Å². The van der Waals surface area contributed by atoms with Gasteiger partial charge in [-0.2, -0.15) is 0 Å². The molecule has 144 valence electrons. The number of H-pyrrole nitrogens is 1. The molecule has 0 fully saturated rings. The highest BCUT2D eigenvalue weighted by atomic mass is 19.1. The van der Waals surface area contributed by atoms with E-state index in [1.807, 2.05) is 0 Å². The second-order valence-electron chi connectivity index (χ2n) is 5.67. The van der Waals surface area contributed by atoms with E-state index >= 15 is 0 Å². The van der Waals surface area contributed by atoms with E-state index in [1.165, 1.54) is 38.3 Å². The summed E-state index contributed by atoms with van der Waals surface area (Å²) in [5, 5.41) is 14.9. The van der Waals surface area contributed by atoms with Gasteiger partial charge in [-0.1, -0.05) is 12.1 Å². The van der Waals surface area contributed by atoms with Gasteiger partial charge in [0.05, 0.1) is 6.61 Å². The van der Waals surface area contributed by atoms with Gasteiger partial charge in [-0.05, 0) is 17.7 Å². The van der Waals surface area contributed by atoms with Gasteiger partial charge < -0.3 is 25.5 Å². The largest absolute Gasteiger partial charge is 0.501 e. The van der Waals surface area contributed by atoms with Gasteiger partial charge in [0.1, 0.15) is 17.7 Å². The number of halogens is 1. The minimum Gasteiger partial charge on any atom is -0.501 e. The summed E-state index contributed by atoms with van der Waals surface area (Å²) in [6.45, 7) is 1.30. The molecule has 1 atom stereocenters. The summed E-state index contributed by atoms with van der Waals surface area (Å²) in [6, 6.07) is 4.63. The van der Waals surface area contributed by atoms with Crippen molar-refractivity contribution in [2.24, 2.45) is 0 Å². The predicted octanol–water partition coefficient (Wildman–Crippen LogP) is 0.368. The zero-order valence-electron chi connectivity index (χ0n) is 14.7. The van der Waals surface area contributed by atoms with Crippen molar-refractivity contribution >= 4 is 11.8 Å². The lowest BCUT2D eigenvalue weighted by Gasteiger charge is -2.17. The van der Waals surface area contributed by atoms with Crippen LogP contribution in [0.3, 0.4) is 0 Å². The quantitative estimate of drug-likeness (QED) is 0.550. The molecule has 0 saturated heterocycles. The summed E-state index contributed by atoms with van der Waals surface area (Å²) in [6.07, 6.45) is 0. The van der Waals surface area contributed by atoms with E-state index in [2.05, 4.69) is 20.6 Å². The first kappa shape index (κ1) is 20.0. The number of nitrogens with zero attached hydrogens (tertiary/aromatic N) is 1. The molecule has 2 aromatic rings. The van der Waals surface area contributed by atoms with Crippen molar-refractivity contribution in [2.45, 2.75) is 19.5 Å². The van der Waals surface area contributed by atoms with Crippen molar-refractivity contribution < 1.29 is 23.8 Å². The molecule has 27 heavy (non-hydrogen) atoms. The SMILES string of the molecule is COCC(NC(C)=O)c1nc(C(=O)NCc2ccc(F)cc2)c(O)c(=O)[nH]1. The number of methoxy groups -OCH3 is 1. The molecule has 2 amide bonds. The molecule has 0 aliphatic carbocycles. The van der Waals surface area contributed by atoms with Gasteiger partial charge in [0.15, 0.2) is 5.69 Å². The van der Waals surface area contributed by atoms with Crippen molar-refractivity contribution in [1.29, 1.82) is 0 Å². The summed E-state index contributed by atoms with van der Waals surface area (Å²) in [7, 11) is 1.39. The van der Waals surface area contributed by atoms with Gasteiger partial charge in [0.25, 0.3) is 11.5 Å². The van der Waals surface area contributed by atoms with E-state index in [4.69, 9.17) is 4.74 Å². The van der Waals surface area contributed by atoms with E-state index in [1.54, 1.807) is 0 Å². The van der Waals surface area contributed by atoms with Crippen LogP contribution in [0.1, 0.15) is 34.8 Å². The molecule has 1 heterocycles. The van der Waals surface area contributed by atoms with Gasteiger partial charge in [-0.25, -0.2) is 9.37 Å². The highest BCUT2D eigenvalue weighted by Crippen LogP contribution is 2.13. The Bertz CT molecular complexity index is 882. The summed E-state index contributed by atoms with van der Waals surface area (Å²) in [5.41, 5.74) is -0.814. The van der Waals surface area contributed by atoms with E-state index in [9.17, 15) is 23.9 Å². The fraction of sp³-hybridized carbons (Fsp3) is 0.294. The van der Waals surface area contributed by atoms with Crippen LogP contribution in [-0.2, 0) is 16.1 Å². The van der Waals surface area contributed by atoms with Crippen LogP contribution >= 0.6 is 0 Å². The molecule has 1 aromatic carbocycles. The Morgan fingerprint density at radius 1 is 1.33 bits per heavy atom. The number of amides is 2. The van der Waals surface area contributed by atoms with Crippen LogP contribution in [0.25, 0.3) is 0 Å². The Labute approximate surface area is 153 Å². The number of carbonyl (C=O) groups excluding carboxylic acids is 2. The molecule has 4 N–H and O–H groups in total. The number of carbonyl (C=O) groups is 2. The monoisotopic (exact) mass is 378 g/mol. The Morgan fingerprint density at radius 2 is 2.00 bits per heavy atom. The minimum absolute atomic E-state index is 0.00999. The van der Waals surface area contributed by atoms with Crippen molar-refractivity contribution in [3.63, 3.8) is 0 Å². The maximum atomic E-state index is 12.9. The maximum Gasteiger partial charge on any atom is 0.294 e. The standard InChI is InChI=1S/C17H19FN4O5/c1-9(23)20-12(8-27-2)15-21-13(14(24)17(26)22-15)16(25)19-7-10-3-5-11(18)6-4-10/h3-6,12,24H,7-8H2,1-2H3,(H,19,25)(H,20,23)(H,21,22,26). The van der Waals surface area contributed by atoms with E-state index in [0.717, 1.165) is 0 Å². The molecule has 0 saturated carbocycles. The number of ether oxygens (including phenoxy) is 1.